The van der Waals surface area contributed by atoms with Crippen LogP contribution in [-0.4, -0.2) is 24.0 Å². The SMILES string of the molecule is CN(C1CCCC1)C1CCCC1. The van der Waals surface area contributed by atoms with E-state index in [2.05, 4.69) is 11.9 Å². The Morgan fingerprint density at radius 2 is 1.08 bits per heavy atom. The van der Waals surface area contributed by atoms with Crippen LogP contribution >= 0.6 is 0 Å². The molecule has 0 atom stereocenters. The lowest BCUT2D eigenvalue weighted by Gasteiger charge is -2.30. The van der Waals surface area contributed by atoms with Gasteiger partial charge >= 0.3 is 0 Å². The zero-order valence-electron chi connectivity index (χ0n) is 8.26. The van der Waals surface area contributed by atoms with Crippen molar-refractivity contribution in [1.82, 2.24) is 4.90 Å². The smallest absolute Gasteiger partial charge is 0.00951 e. The van der Waals surface area contributed by atoms with Crippen molar-refractivity contribution in [3.63, 3.8) is 0 Å². The summed E-state index contributed by atoms with van der Waals surface area (Å²) in [5.74, 6) is 0. The summed E-state index contributed by atoms with van der Waals surface area (Å²) in [4.78, 5) is 2.68. The Hall–Kier alpha value is -0.0400. The molecule has 12 heavy (non-hydrogen) atoms. The molecule has 0 N–H and O–H groups in total. The predicted molar refractivity (Wildman–Crippen MR) is 52.3 cm³/mol. The minimum Gasteiger partial charge on any atom is -0.300 e. The highest BCUT2D eigenvalue weighted by molar-refractivity contribution is 4.83. The van der Waals surface area contributed by atoms with Crippen molar-refractivity contribution in [1.29, 1.82) is 0 Å². The fourth-order valence-electron chi connectivity index (χ4n) is 2.92. The Morgan fingerprint density at radius 1 is 0.750 bits per heavy atom. The zero-order valence-corrected chi connectivity index (χ0v) is 8.26. The molecule has 0 amide bonds. The Balaban J connectivity index is 1.84. The van der Waals surface area contributed by atoms with E-state index in [1.807, 2.05) is 0 Å². The zero-order chi connectivity index (χ0) is 8.39. The summed E-state index contributed by atoms with van der Waals surface area (Å²) in [5, 5.41) is 0. The molecule has 0 unspecified atom stereocenters. The van der Waals surface area contributed by atoms with E-state index in [9.17, 15) is 0 Å². The first-order chi connectivity index (χ1) is 5.88. The summed E-state index contributed by atoms with van der Waals surface area (Å²) < 4.78 is 0. The average molecular weight is 167 g/mol. The van der Waals surface area contributed by atoms with Gasteiger partial charge in [0.15, 0.2) is 0 Å². The van der Waals surface area contributed by atoms with Crippen LogP contribution in [0.4, 0.5) is 0 Å². The van der Waals surface area contributed by atoms with Crippen molar-refractivity contribution >= 4 is 0 Å². The first-order valence-electron chi connectivity index (χ1n) is 5.60. The molecule has 2 fully saturated rings. The molecule has 0 bridgehead atoms. The number of rotatable bonds is 2. The molecule has 0 aromatic rings. The molecule has 0 aromatic heterocycles. The number of hydrogen-bond donors (Lipinski definition) is 0. The van der Waals surface area contributed by atoms with E-state index >= 15 is 0 Å². The maximum Gasteiger partial charge on any atom is 0.00951 e. The van der Waals surface area contributed by atoms with Crippen LogP contribution in [0.25, 0.3) is 0 Å². The van der Waals surface area contributed by atoms with Gasteiger partial charge in [-0.05, 0) is 32.7 Å². The second-order valence-corrected chi connectivity index (χ2v) is 4.54. The predicted octanol–water partition coefficient (Wildman–Crippen LogP) is 2.80. The summed E-state index contributed by atoms with van der Waals surface area (Å²) in [7, 11) is 2.35. The van der Waals surface area contributed by atoms with E-state index in [1.165, 1.54) is 51.4 Å². The van der Waals surface area contributed by atoms with E-state index in [0.717, 1.165) is 12.1 Å². The highest BCUT2D eigenvalue weighted by Gasteiger charge is 2.27. The lowest BCUT2D eigenvalue weighted by molar-refractivity contribution is 0.177. The fraction of sp³-hybridized carbons (Fsp3) is 1.00. The molecule has 0 aliphatic heterocycles. The van der Waals surface area contributed by atoms with Gasteiger partial charge in [-0.2, -0.15) is 0 Å². The third-order valence-corrected chi connectivity index (χ3v) is 3.80. The normalized spacial score (nSPS) is 27.5. The van der Waals surface area contributed by atoms with Gasteiger partial charge in [0.05, 0.1) is 0 Å². The maximum atomic E-state index is 2.68. The molecule has 2 aliphatic rings. The molecule has 0 heterocycles. The summed E-state index contributed by atoms with van der Waals surface area (Å²) in [6.07, 6.45) is 11.8. The van der Waals surface area contributed by atoms with Gasteiger partial charge in [-0.15, -0.1) is 0 Å². The Morgan fingerprint density at radius 3 is 1.42 bits per heavy atom. The van der Waals surface area contributed by atoms with Gasteiger partial charge in [-0.25, -0.2) is 0 Å². The van der Waals surface area contributed by atoms with Crippen LogP contribution in [0, 0.1) is 0 Å². The quantitative estimate of drug-likeness (QED) is 0.611. The first-order valence-corrected chi connectivity index (χ1v) is 5.60. The average Bonchev–Trinajstić information content (AvgIpc) is 2.77. The lowest BCUT2D eigenvalue weighted by Crippen LogP contribution is -2.36. The first kappa shape index (κ1) is 8.55. The number of nitrogens with zero attached hydrogens (tertiary/aromatic N) is 1. The minimum absolute atomic E-state index is 0.938. The third-order valence-electron chi connectivity index (χ3n) is 3.80. The topological polar surface area (TPSA) is 3.24 Å². The molecule has 0 aromatic carbocycles. The van der Waals surface area contributed by atoms with Gasteiger partial charge in [-0.3, -0.25) is 0 Å². The van der Waals surface area contributed by atoms with Crippen molar-refractivity contribution in [3.05, 3.63) is 0 Å². The highest BCUT2D eigenvalue weighted by Crippen LogP contribution is 2.29. The fourth-order valence-corrected chi connectivity index (χ4v) is 2.92. The number of hydrogen-bond acceptors (Lipinski definition) is 1. The molecule has 0 radical (unpaired) electrons. The van der Waals surface area contributed by atoms with Crippen molar-refractivity contribution in [2.45, 2.75) is 63.5 Å². The molecule has 70 valence electrons. The molecule has 0 saturated heterocycles. The van der Waals surface area contributed by atoms with Gasteiger partial charge in [0.1, 0.15) is 0 Å². The van der Waals surface area contributed by atoms with E-state index in [-0.39, 0.29) is 0 Å². The molecule has 1 nitrogen and oxygen atoms in total. The van der Waals surface area contributed by atoms with Gasteiger partial charge in [0.25, 0.3) is 0 Å². The lowest BCUT2D eigenvalue weighted by atomic mass is 10.1. The largest absolute Gasteiger partial charge is 0.300 e. The third kappa shape index (κ3) is 1.66. The van der Waals surface area contributed by atoms with Crippen molar-refractivity contribution in [2.24, 2.45) is 0 Å². The second kappa shape index (κ2) is 3.78. The van der Waals surface area contributed by atoms with Gasteiger partial charge in [0, 0.05) is 12.1 Å². The van der Waals surface area contributed by atoms with Crippen LogP contribution in [0.5, 0.6) is 0 Å². The van der Waals surface area contributed by atoms with Crippen molar-refractivity contribution in [3.8, 4) is 0 Å². The van der Waals surface area contributed by atoms with E-state index in [1.54, 1.807) is 0 Å². The van der Waals surface area contributed by atoms with E-state index in [4.69, 9.17) is 0 Å². The summed E-state index contributed by atoms with van der Waals surface area (Å²) in [5.41, 5.74) is 0. The molecule has 1 heteroatoms. The molecule has 2 aliphatic carbocycles. The molecule has 0 spiro atoms. The minimum atomic E-state index is 0.938. The van der Waals surface area contributed by atoms with Crippen LogP contribution in [0.2, 0.25) is 0 Å². The van der Waals surface area contributed by atoms with Crippen LogP contribution in [0.15, 0.2) is 0 Å². The highest BCUT2D eigenvalue weighted by atomic mass is 15.2. The Labute approximate surface area is 76.1 Å². The van der Waals surface area contributed by atoms with Crippen molar-refractivity contribution < 1.29 is 0 Å². The summed E-state index contributed by atoms with van der Waals surface area (Å²) >= 11 is 0. The maximum absolute atomic E-state index is 2.68. The van der Waals surface area contributed by atoms with Crippen LogP contribution < -0.4 is 0 Å². The molecule has 2 saturated carbocycles. The Bertz CT molecular complexity index is 116. The Kier molecular flexibility index (Phi) is 2.69. The van der Waals surface area contributed by atoms with E-state index in [0.29, 0.717) is 0 Å². The molecule has 2 rings (SSSR count). The van der Waals surface area contributed by atoms with Crippen LogP contribution in [0.1, 0.15) is 51.4 Å². The monoisotopic (exact) mass is 167 g/mol. The summed E-state index contributed by atoms with van der Waals surface area (Å²) in [6, 6.07) is 1.88. The van der Waals surface area contributed by atoms with Crippen molar-refractivity contribution in [2.75, 3.05) is 7.05 Å². The summed E-state index contributed by atoms with van der Waals surface area (Å²) in [6.45, 7) is 0. The standard InChI is InChI=1S/C11H21N/c1-12(10-6-2-3-7-10)11-8-4-5-9-11/h10-11H,2-9H2,1H3. The van der Waals surface area contributed by atoms with Crippen LogP contribution in [0.3, 0.4) is 0 Å². The second-order valence-electron chi connectivity index (χ2n) is 4.54. The van der Waals surface area contributed by atoms with Gasteiger partial charge in [-0.1, -0.05) is 25.7 Å². The van der Waals surface area contributed by atoms with E-state index < -0.39 is 0 Å². The van der Waals surface area contributed by atoms with Crippen LogP contribution in [-0.2, 0) is 0 Å². The van der Waals surface area contributed by atoms with Gasteiger partial charge in [0.2, 0.25) is 0 Å². The molecular formula is C11H21N. The molecular weight excluding hydrogens is 146 g/mol. The van der Waals surface area contributed by atoms with Gasteiger partial charge < -0.3 is 4.90 Å².